The van der Waals surface area contributed by atoms with Gasteiger partial charge in [0.15, 0.2) is 12.2 Å². The average molecular weight is 1450 g/mol. The molecule has 17 nitrogen and oxygen atoms in total. The molecule has 0 amide bonds. The predicted molar refractivity (Wildman–Crippen MR) is 404 cm³/mol. The van der Waals surface area contributed by atoms with E-state index in [0.29, 0.717) is 25.7 Å². The summed E-state index contributed by atoms with van der Waals surface area (Å²) < 4.78 is 68.7. The van der Waals surface area contributed by atoms with Crippen molar-refractivity contribution in [2.24, 2.45) is 23.7 Å². The largest absolute Gasteiger partial charge is 0.472 e. The first-order valence-electron chi connectivity index (χ1n) is 41.2. The van der Waals surface area contributed by atoms with Crippen molar-refractivity contribution < 1.29 is 80.2 Å². The number of carbonyl (C=O) groups is 4. The molecular weight excluding hydrogens is 1290 g/mol. The number of ether oxygens (including phenoxy) is 4. The zero-order valence-corrected chi connectivity index (χ0v) is 66.9. The quantitative estimate of drug-likeness (QED) is 0.0222. The van der Waals surface area contributed by atoms with Gasteiger partial charge in [0, 0.05) is 25.7 Å². The van der Waals surface area contributed by atoms with E-state index in [4.69, 9.17) is 37.0 Å². The van der Waals surface area contributed by atoms with E-state index in [1.807, 2.05) is 0 Å². The number of esters is 4. The molecule has 0 aliphatic heterocycles. The minimum Gasteiger partial charge on any atom is -0.462 e. The monoisotopic (exact) mass is 1450 g/mol. The van der Waals surface area contributed by atoms with Crippen LogP contribution in [-0.4, -0.2) is 96.7 Å². The fourth-order valence-corrected chi connectivity index (χ4v) is 13.8. The van der Waals surface area contributed by atoms with E-state index in [1.165, 1.54) is 212 Å². The Balaban J connectivity index is 5.21. The number of carbonyl (C=O) groups excluding carboxylic acids is 4. The maximum absolute atomic E-state index is 13.1. The highest BCUT2D eigenvalue weighted by Crippen LogP contribution is 2.45. The normalized spacial score (nSPS) is 14.3. The van der Waals surface area contributed by atoms with Crippen molar-refractivity contribution in [1.82, 2.24) is 0 Å². The summed E-state index contributed by atoms with van der Waals surface area (Å²) in [5, 5.41) is 10.6. The molecule has 0 aliphatic rings. The summed E-state index contributed by atoms with van der Waals surface area (Å²) in [5.41, 5.74) is 0. The minimum atomic E-state index is -4.96. The Morgan fingerprint density at radius 2 is 0.485 bits per heavy atom. The van der Waals surface area contributed by atoms with Gasteiger partial charge in [-0.3, -0.25) is 37.3 Å². The molecule has 0 aromatic rings. The molecule has 0 saturated carbocycles. The van der Waals surface area contributed by atoms with Crippen molar-refractivity contribution in [3.05, 3.63) is 0 Å². The molecule has 0 spiro atoms. The summed E-state index contributed by atoms with van der Waals surface area (Å²) in [6.07, 6.45) is 55.5. The third kappa shape index (κ3) is 72.8. The van der Waals surface area contributed by atoms with Gasteiger partial charge >= 0.3 is 39.5 Å². The Kier molecular flexibility index (Phi) is 67.8. The van der Waals surface area contributed by atoms with Crippen molar-refractivity contribution in [3.63, 3.8) is 0 Å². The SMILES string of the molecule is CCC(C)CCCCCCCCCCCCC(=O)O[C@H](COC(=O)CCCCCCCCCCCCCCCCCCCCC(C)C)COP(=O)(O)OCC(O)COP(=O)(O)OC[C@@H](COC(=O)CCCCCCCCCCC(C)C)OC(=O)CCCCCCCCCCCCC(C)C. The van der Waals surface area contributed by atoms with Crippen LogP contribution in [0.1, 0.15) is 409 Å². The van der Waals surface area contributed by atoms with E-state index in [1.54, 1.807) is 0 Å². The third-order valence-electron chi connectivity index (χ3n) is 18.9. The third-order valence-corrected chi connectivity index (χ3v) is 20.8. The van der Waals surface area contributed by atoms with Gasteiger partial charge in [0.1, 0.15) is 19.3 Å². The lowest BCUT2D eigenvalue weighted by molar-refractivity contribution is -0.161. The lowest BCUT2D eigenvalue weighted by Crippen LogP contribution is -2.30. The Morgan fingerprint density at radius 1 is 0.283 bits per heavy atom. The second-order valence-electron chi connectivity index (χ2n) is 30.5. The fourth-order valence-electron chi connectivity index (χ4n) is 12.2. The van der Waals surface area contributed by atoms with Crippen LogP contribution in [0.3, 0.4) is 0 Å². The van der Waals surface area contributed by atoms with E-state index in [-0.39, 0.29) is 25.7 Å². The Labute approximate surface area is 607 Å². The van der Waals surface area contributed by atoms with E-state index >= 15 is 0 Å². The molecule has 6 atom stereocenters. The van der Waals surface area contributed by atoms with Gasteiger partial charge < -0.3 is 33.8 Å². The van der Waals surface area contributed by atoms with E-state index < -0.39 is 97.5 Å². The number of phosphoric ester groups is 2. The lowest BCUT2D eigenvalue weighted by atomic mass is 9.99. The molecule has 19 heteroatoms. The molecule has 3 N–H and O–H groups in total. The van der Waals surface area contributed by atoms with Crippen LogP contribution in [0.4, 0.5) is 0 Å². The zero-order valence-electron chi connectivity index (χ0n) is 65.1. The molecule has 0 aromatic carbocycles. The molecule has 0 aromatic heterocycles. The van der Waals surface area contributed by atoms with Gasteiger partial charge in [-0.1, -0.05) is 357 Å². The highest BCUT2D eigenvalue weighted by Gasteiger charge is 2.30. The smallest absolute Gasteiger partial charge is 0.462 e. The second-order valence-corrected chi connectivity index (χ2v) is 33.4. The number of hydrogen-bond donors (Lipinski definition) is 3. The summed E-state index contributed by atoms with van der Waals surface area (Å²) in [6, 6.07) is 0. The Morgan fingerprint density at radius 3 is 0.717 bits per heavy atom. The Bertz CT molecular complexity index is 1940. The van der Waals surface area contributed by atoms with E-state index in [9.17, 15) is 43.2 Å². The van der Waals surface area contributed by atoms with Crippen LogP contribution >= 0.6 is 15.6 Å². The molecule has 4 unspecified atom stereocenters. The predicted octanol–water partition coefficient (Wildman–Crippen LogP) is 23.6. The number of unbranched alkanes of at least 4 members (excludes halogenated alkanes) is 42. The Hall–Kier alpha value is -1.94. The molecule has 588 valence electrons. The molecule has 99 heavy (non-hydrogen) atoms. The first-order chi connectivity index (χ1) is 47.6. The maximum atomic E-state index is 13.1. The van der Waals surface area contributed by atoms with Crippen molar-refractivity contribution in [3.8, 4) is 0 Å². The minimum absolute atomic E-state index is 0.105. The molecule has 0 rings (SSSR count). The summed E-state index contributed by atoms with van der Waals surface area (Å²) in [4.78, 5) is 73.0. The van der Waals surface area contributed by atoms with Gasteiger partial charge in [-0.2, -0.15) is 0 Å². The summed E-state index contributed by atoms with van der Waals surface area (Å²) in [7, 11) is -9.92. The summed E-state index contributed by atoms with van der Waals surface area (Å²) in [5.74, 6) is 0.988. The molecule has 0 bridgehead atoms. The first-order valence-corrected chi connectivity index (χ1v) is 44.2. The van der Waals surface area contributed by atoms with Gasteiger partial charge in [-0.25, -0.2) is 9.13 Å². The number of rotatable bonds is 77. The number of aliphatic hydroxyl groups is 1. The zero-order chi connectivity index (χ0) is 73.1. The van der Waals surface area contributed by atoms with Crippen molar-refractivity contribution in [2.45, 2.75) is 427 Å². The van der Waals surface area contributed by atoms with Crippen LogP contribution in [0.2, 0.25) is 0 Å². The van der Waals surface area contributed by atoms with Crippen molar-refractivity contribution in [1.29, 1.82) is 0 Å². The van der Waals surface area contributed by atoms with Gasteiger partial charge in [0.25, 0.3) is 0 Å². The molecule has 0 saturated heterocycles. The first kappa shape index (κ1) is 97.1. The van der Waals surface area contributed by atoms with Gasteiger partial charge in [0.2, 0.25) is 0 Å². The lowest BCUT2D eigenvalue weighted by Gasteiger charge is -2.21. The maximum Gasteiger partial charge on any atom is 0.472 e. The highest BCUT2D eigenvalue weighted by molar-refractivity contribution is 7.47. The second kappa shape index (κ2) is 69.1. The van der Waals surface area contributed by atoms with E-state index in [0.717, 1.165) is 114 Å². The van der Waals surface area contributed by atoms with Crippen molar-refractivity contribution >= 4 is 39.5 Å². The van der Waals surface area contributed by atoms with Crippen molar-refractivity contribution in [2.75, 3.05) is 39.6 Å². The molecular formula is C80H156O17P2. The molecule has 0 radical (unpaired) electrons. The fraction of sp³-hybridized carbons (Fsp3) is 0.950. The number of hydrogen-bond acceptors (Lipinski definition) is 15. The van der Waals surface area contributed by atoms with Crippen LogP contribution < -0.4 is 0 Å². The van der Waals surface area contributed by atoms with Gasteiger partial charge in [-0.05, 0) is 49.4 Å². The standard InChI is InChI=1S/C80H156O17P2/c1-9-73(8)59-51-43-35-26-21-23-29-39-47-55-63-80(85)96-75(66-90-77(82)60-52-44-36-27-19-17-15-13-11-10-12-14-16-18-24-32-40-48-56-70(2)3)68-94-98(86,87)92-64-74(81)65-93-99(88,89)95-69-76(67-91-78(83)61-53-45-37-31-30-34-42-50-58-72(6)7)97-79(84)62-54-46-38-28-22-20-25-33-41-49-57-71(4)5/h70-76,81H,9-69H2,1-8H3,(H,86,87)(H,88,89)/t73?,74?,75-,76-/m1/s1. The molecule has 0 fully saturated rings. The average Bonchev–Trinajstić information content (AvgIpc) is 1.13. The van der Waals surface area contributed by atoms with E-state index in [2.05, 4.69) is 55.4 Å². The molecule has 0 aliphatic carbocycles. The summed E-state index contributed by atoms with van der Waals surface area (Å²) >= 11 is 0. The van der Waals surface area contributed by atoms with Crippen LogP contribution in [0.15, 0.2) is 0 Å². The van der Waals surface area contributed by atoms with Crippen LogP contribution in [0, 0.1) is 23.7 Å². The molecule has 0 heterocycles. The summed E-state index contributed by atoms with van der Waals surface area (Å²) in [6.45, 7) is 14.2. The van der Waals surface area contributed by atoms with Gasteiger partial charge in [-0.15, -0.1) is 0 Å². The van der Waals surface area contributed by atoms with Crippen LogP contribution in [0.25, 0.3) is 0 Å². The van der Waals surface area contributed by atoms with Crippen LogP contribution in [0.5, 0.6) is 0 Å². The number of aliphatic hydroxyl groups excluding tert-OH is 1. The van der Waals surface area contributed by atoms with Gasteiger partial charge in [0.05, 0.1) is 26.4 Å². The van der Waals surface area contributed by atoms with Crippen LogP contribution in [-0.2, 0) is 65.4 Å². The number of phosphoric acid groups is 2. The topological polar surface area (TPSA) is 237 Å². The highest BCUT2D eigenvalue weighted by atomic mass is 31.2.